The molecule has 1 aromatic rings. The van der Waals surface area contributed by atoms with Crippen molar-refractivity contribution < 1.29 is 0 Å². The van der Waals surface area contributed by atoms with E-state index in [1.807, 2.05) is 0 Å². The summed E-state index contributed by atoms with van der Waals surface area (Å²) in [5.41, 5.74) is 7.91. The number of hydrogen-bond acceptors (Lipinski definition) is 2. The van der Waals surface area contributed by atoms with Gasteiger partial charge in [-0.3, -0.25) is 4.90 Å². The highest BCUT2D eigenvalue weighted by Crippen LogP contribution is 2.55. The second kappa shape index (κ2) is 4.71. The fraction of sp³-hybridized carbons (Fsp3) is 0.556. The molecule has 2 nitrogen and oxygen atoms in total. The van der Waals surface area contributed by atoms with Crippen molar-refractivity contribution in [2.75, 3.05) is 19.6 Å². The van der Waals surface area contributed by atoms with Crippen molar-refractivity contribution in [3.05, 3.63) is 48.0 Å². The van der Waals surface area contributed by atoms with E-state index in [4.69, 9.17) is 5.73 Å². The summed E-state index contributed by atoms with van der Waals surface area (Å²) in [6.07, 6.45) is 7.61. The van der Waals surface area contributed by atoms with Gasteiger partial charge in [0.2, 0.25) is 0 Å². The standard InChI is InChI=1S/C18H24N2/c19-13-18-8-6-15(7-9-18)16-11-20(12-17(16)18)10-14-4-2-1-3-5-14/h1-6,8,15-17H,7,9-13,19H2. The predicted octanol–water partition coefficient (Wildman–Crippen LogP) is 2.66. The molecule has 0 radical (unpaired) electrons. The zero-order valence-electron chi connectivity index (χ0n) is 12.0. The van der Waals surface area contributed by atoms with Crippen LogP contribution in [0.5, 0.6) is 0 Å². The molecule has 2 N–H and O–H groups in total. The van der Waals surface area contributed by atoms with E-state index in [-0.39, 0.29) is 0 Å². The number of benzene rings is 1. The van der Waals surface area contributed by atoms with Gasteiger partial charge in [0.1, 0.15) is 0 Å². The molecule has 0 amide bonds. The molecule has 4 atom stereocenters. The van der Waals surface area contributed by atoms with E-state index in [0.29, 0.717) is 5.41 Å². The zero-order valence-corrected chi connectivity index (χ0v) is 12.0. The largest absolute Gasteiger partial charge is 0.330 e. The summed E-state index contributed by atoms with van der Waals surface area (Å²) in [5, 5.41) is 0. The molecule has 2 heteroatoms. The van der Waals surface area contributed by atoms with E-state index >= 15 is 0 Å². The minimum atomic E-state index is 0.310. The average Bonchev–Trinajstić information content (AvgIpc) is 2.95. The van der Waals surface area contributed by atoms with Crippen molar-refractivity contribution in [2.45, 2.75) is 19.4 Å². The van der Waals surface area contributed by atoms with Crippen LogP contribution in [0.2, 0.25) is 0 Å². The lowest BCUT2D eigenvalue weighted by Crippen LogP contribution is -2.48. The SMILES string of the molecule is NCC12C=CC(CC1)C1CN(Cc3ccccc3)CC12. The molecule has 1 aliphatic heterocycles. The van der Waals surface area contributed by atoms with Crippen LogP contribution in [0.15, 0.2) is 42.5 Å². The third-order valence-electron chi connectivity index (χ3n) is 5.98. The summed E-state index contributed by atoms with van der Waals surface area (Å²) in [4.78, 5) is 2.65. The molecule has 4 aliphatic rings. The van der Waals surface area contributed by atoms with Crippen LogP contribution in [0.3, 0.4) is 0 Å². The first-order chi connectivity index (χ1) is 9.81. The van der Waals surface area contributed by atoms with E-state index < -0.39 is 0 Å². The molecule has 20 heavy (non-hydrogen) atoms. The van der Waals surface area contributed by atoms with Gasteiger partial charge in [0.25, 0.3) is 0 Å². The van der Waals surface area contributed by atoms with Crippen LogP contribution in [0, 0.1) is 23.2 Å². The maximum atomic E-state index is 6.16. The van der Waals surface area contributed by atoms with Crippen molar-refractivity contribution in [1.82, 2.24) is 4.90 Å². The molecular formula is C18H24N2. The molecule has 1 heterocycles. The Morgan fingerprint density at radius 2 is 2.05 bits per heavy atom. The predicted molar refractivity (Wildman–Crippen MR) is 82.1 cm³/mol. The Morgan fingerprint density at radius 1 is 1.20 bits per heavy atom. The number of nitrogens with two attached hydrogens (primary N) is 1. The smallest absolute Gasteiger partial charge is 0.0233 e. The Hall–Kier alpha value is -1.12. The van der Waals surface area contributed by atoms with Crippen LogP contribution in [0.25, 0.3) is 0 Å². The van der Waals surface area contributed by atoms with Gasteiger partial charge in [0, 0.05) is 31.6 Å². The Labute approximate surface area is 121 Å². The fourth-order valence-corrected chi connectivity index (χ4v) is 4.84. The first kappa shape index (κ1) is 12.6. The highest BCUT2D eigenvalue weighted by atomic mass is 15.2. The summed E-state index contributed by atoms with van der Waals surface area (Å²) in [7, 11) is 0. The molecule has 2 fully saturated rings. The van der Waals surface area contributed by atoms with E-state index in [9.17, 15) is 0 Å². The fourth-order valence-electron chi connectivity index (χ4n) is 4.84. The van der Waals surface area contributed by atoms with E-state index in [1.165, 1.54) is 31.5 Å². The normalized spacial score (nSPS) is 39.1. The highest BCUT2D eigenvalue weighted by Gasteiger charge is 2.53. The number of likely N-dealkylation sites (tertiary alicyclic amines) is 1. The van der Waals surface area contributed by atoms with E-state index in [1.54, 1.807) is 0 Å². The van der Waals surface area contributed by atoms with Gasteiger partial charge in [-0.1, -0.05) is 42.5 Å². The van der Waals surface area contributed by atoms with Crippen LogP contribution < -0.4 is 5.73 Å². The van der Waals surface area contributed by atoms with Crippen LogP contribution in [-0.4, -0.2) is 24.5 Å². The second-order valence-electron chi connectivity index (χ2n) is 6.95. The number of hydrogen-bond donors (Lipinski definition) is 1. The lowest BCUT2D eigenvalue weighted by atomic mass is 9.55. The monoisotopic (exact) mass is 268 g/mol. The molecule has 2 bridgehead atoms. The van der Waals surface area contributed by atoms with Gasteiger partial charge in [-0.25, -0.2) is 0 Å². The zero-order chi connectivity index (χ0) is 13.6. The molecule has 0 aromatic heterocycles. The summed E-state index contributed by atoms with van der Waals surface area (Å²) in [6.45, 7) is 4.42. The molecule has 5 rings (SSSR count). The summed E-state index contributed by atoms with van der Waals surface area (Å²) in [6, 6.07) is 10.9. The molecule has 1 aromatic carbocycles. The van der Waals surface area contributed by atoms with Gasteiger partial charge in [-0.2, -0.15) is 0 Å². The third kappa shape index (κ3) is 1.86. The van der Waals surface area contributed by atoms with Crippen LogP contribution in [-0.2, 0) is 6.54 Å². The number of fused-ring (bicyclic) bond motifs is 1. The minimum Gasteiger partial charge on any atom is -0.330 e. The third-order valence-corrected chi connectivity index (χ3v) is 5.98. The van der Waals surface area contributed by atoms with Gasteiger partial charge in [0.15, 0.2) is 0 Å². The first-order valence-electron chi connectivity index (χ1n) is 7.96. The molecule has 1 saturated heterocycles. The number of allylic oxidation sites excluding steroid dienone is 1. The van der Waals surface area contributed by atoms with Crippen molar-refractivity contribution in [3.63, 3.8) is 0 Å². The molecule has 4 unspecified atom stereocenters. The van der Waals surface area contributed by atoms with Crippen LogP contribution >= 0.6 is 0 Å². The Bertz CT molecular complexity index is 509. The van der Waals surface area contributed by atoms with Crippen molar-refractivity contribution in [3.8, 4) is 0 Å². The van der Waals surface area contributed by atoms with Gasteiger partial charge < -0.3 is 5.73 Å². The summed E-state index contributed by atoms with van der Waals surface area (Å²) in [5.74, 6) is 2.45. The molecule has 1 saturated carbocycles. The lowest BCUT2D eigenvalue weighted by Gasteiger charge is -2.49. The summed E-state index contributed by atoms with van der Waals surface area (Å²) >= 11 is 0. The van der Waals surface area contributed by atoms with Gasteiger partial charge in [-0.15, -0.1) is 0 Å². The quantitative estimate of drug-likeness (QED) is 0.854. The first-order valence-corrected chi connectivity index (χ1v) is 7.96. The molecule has 3 aliphatic carbocycles. The van der Waals surface area contributed by atoms with Gasteiger partial charge >= 0.3 is 0 Å². The Kier molecular flexibility index (Phi) is 2.97. The molecule has 0 spiro atoms. The summed E-state index contributed by atoms with van der Waals surface area (Å²) < 4.78 is 0. The Morgan fingerprint density at radius 3 is 2.75 bits per heavy atom. The highest BCUT2D eigenvalue weighted by molar-refractivity contribution is 5.21. The maximum Gasteiger partial charge on any atom is 0.0233 e. The van der Waals surface area contributed by atoms with Crippen molar-refractivity contribution >= 4 is 0 Å². The number of rotatable bonds is 3. The molecule has 106 valence electrons. The van der Waals surface area contributed by atoms with E-state index in [0.717, 1.165) is 30.8 Å². The van der Waals surface area contributed by atoms with Gasteiger partial charge in [-0.05, 0) is 36.2 Å². The average molecular weight is 268 g/mol. The van der Waals surface area contributed by atoms with Gasteiger partial charge in [0.05, 0.1) is 0 Å². The lowest BCUT2D eigenvalue weighted by molar-refractivity contribution is 0.0792. The number of nitrogens with zero attached hydrogens (tertiary/aromatic N) is 1. The maximum absolute atomic E-state index is 6.16. The van der Waals surface area contributed by atoms with Crippen LogP contribution in [0.1, 0.15) is 18.4 Å². The molecular weight excluding hydrogens is 244 g/mol. The van der Waals surface area contributed by atoms with E-state index in [2.05, 4.69) is 47.4 Å². The topological polar surface area (TPSA) is 29.3 Å². The van der Waals surface area contributed by atoms with Crippen molar-refractivity contribution in [2.24, 2.45) is 28.9 Å². The van der Waals surface area contributed by atoms with Crippen LogP contribution in [0.4, 0.5) is 0 Å². The second-order valence-corrected chi connectivity index (χ2v) is 6.95. The Balaban J connectivity index is 1.53. The minimum absolute atomic E-state index is 0.310. The van der Waals surface area contributed by atoms with Crippen molar-refractivity contribution in [1.29, 1.82) is 0 Å².